The van der Waals surface area contributed by atoms with Crippen LogP contribution < -0.4 is 0 Å². The minimum absolute atomic E-state index is 0.213. The molecule has 0 aliphatic heterocycles. The zero-order chi connectivity index (χ0) is 16.8. The fourth-order valence-corrected chi connectivity index (χ4v) is 2.34. The van der Waals surface area contributed by atoms with E-state index in [0.717, 1.165) is 16.8 Å². The van der Waals surface area contributed by atoms with E-state index in [1.165, 1.54) is 6.08 Å². The predicted octanol–water partition coefficient (Wildman–Crippen LogP) is 4.28. The van der Waals surface area contributed by atoms with Crippen LogP contribution in [0, 0.1) is 0 Å². The Kier molecular flexibility index (Phi) is 5.08. The summed E-state index contributed by atoms with van der Waals surface area (Å²) in [5.41, 5.74) is 2.64. The molecule has 3 rings (SSSR count). The number of benzene rings is 2. The standard InChI is InChI=1S/C19H15ClN2O2/c20-18-5-2-1-4-16(18)8-11-19(23)24-14-15-6-9-17(10-7-15)22-13-3-12-21-22/h1-13H,14H2/b11-8+. The fourth-order valence-electron chi connectivity index (χ4n) is 2.14. The molecular weight excluding hydrogens is 324 g/mol. The molecule has 0 aliphatic carbocycles. The van der Waals surface area contributed by atoms with E-state index in [9.17, 15) is 4.79 Å². The summed E-state index contributed by atoms with van der Waals surface area (Å²) in [5.74, 6) is -0.411. The van der Waals surface area contributed by atoms with Crippen LogP contribution in [0.25, 0.3) is 11.8 Å². The van der Waals surface area contributed by atoms with Crippen LogP contribution in [0.4, 0.5) is 0 Å². The van der Waals surface area contributed by atoms with Gasteiger partial charge in [-0.3, -0.25) is 0 Å². The number of rotatable bonds is 5. The predicted molar refractivity (Wildman–Crippen MR) is 93.8 cm³/mol. The molecule has 3 aromatic rings. The quantitative estimate of drug-likeness (QED) is 0.515. The Morgan fingerprint density at radius 1 is 1.12 bits per heavy atom. The molecule has 1 heterocycles. The van der Waals surface area contributed by atoms with Gasteiger partial charge in [0.1, 0.15) is 6.61 Å². The topological polar surface area (TPSA) is 44.1 Å². The third-order valence-corrected chi connectivity index (χ3v) is 3.73. The highest BCUT2D eigenvalue weighted by Crippen LogP contribution is 2.16. The Bertz CT molecular complexity index is 840. The molecule has 120 valence electrons. The Morgan fingerprint density at radius 2 is 1.92 bits per heavy atom. The maximum atomic E-state index is 11.8. The van der Waals surface area contributed by atoms with Crippen molar-refractivity contribution in [3.05, 3.63) is 89.2 Å². The molecule has 0 aliphatic rings. The van der Waals surface area contributed by atoms with Gasteiger partial charge < -0.3 is 4.74 Å². The SMILES string of the molecule is O=C(/C=C/c1ccccc1Cl)OCc1ccc(-n2cccn2)cc1. The average molecular weight is 339 g/mol. The summed E-state index contributed by atoms with van der Waals surface area (Å²) >= 11 is 6.03. The maximum absolute atomic E-state index is 11.8. The van der Waals surface area contributed by atoms with Crippen molar-refractivity contribution in [2.24, 2.45) is 0 Å². The van der Waals surface area contributed by atoms with Crippen LogP contribution >= 0.6 is 11.6 Å². The minimum Gasteiger partial charge on any atom is -0.458 e. The molecule has 24 heavy (non-hydrogen) atoms. The van der Waals surface area contributed by atoms with Crippen molar-refractivity contribution in [2.45, 2.75) is 6.61 Å². The highest BCUT2D eigenvalue weighted by molar-refractivity contribution is 6.32. The van der Waals surface area contributed by atoms with E-state index < -0.39 is 5.97 Å². The van der Waals surface area contributed by atoms with E-state index >= 15 is 0 Å². The molecule has 0 spiro atoms. The van der Waals surface area contributed by atoms with Gasteiger partial charge in [-0.25, -0.2) is 9.48 Å². The molecule has 1 aromatic heterocycles. The number of esters is 1. The van der Waals surface area contributed by atoms with E-state index in [-0.39, 0.29) is 6.61 Å². The highest BCUT2D eigenvalue weighted by atomic mass is 35.5. The summed E-state index contributed by atoms with van der Waals surface area (Å²) in [5, 5.41) is 4.76. The Balaban J connectivity index is 1.55. The van der Waals surface area contributed by atoms with Gasteiger partial charge in [-0.1, -0.05) is 41.9 Å². The second kappa shape index (κ2) is 7.62. The smallest absolute Gasteiger partial charge is 0.331 e. The lowest BCUT2D eigenvalue weighted by Crippen LogP contribution is -2.01. The van der Waals surface area contributed by atoms with Crippen LogP contribution in [0.3, 0.4) is 0 Å². The number of hydrogen-bond donors (Lipinski definition) is 0. The lowest BCUT2D eigenvalue weighted by Gasteiger charge is -2.05. The first kappa shape index (κ1) is 16.0. The van der Waals surface area contributed by atoms with E-state index in [4.69, 9.17) is 16.3 Å². The molecule has 2 aromatic carbocycles. The van der Waals surface area contributed by atoms with Crippen molar-refractivity contribution in [3.63, 3.8) is 0 Å². The van der Waals surface area contributed by atoms with Crippen LogP contribution in [-0.4, -0.2) is 15.7 Å². The monoisotopic (exact) mass is 338 g/mol. The summed E-state index contributed by atoms with van der Waals surface area (Å²) < 4.78 is 7.00. The van der Waals surface area contributed by atoms with Crippen molar-refractivity contribution in [3.8, 4) is 5.69 Å². The summed E-state index contributed by atoms with van der Waals surface area (Å²) in [6.45, 7) is 0.213. The van der Waals surface area contributed by atoms with Crippen molar-refractivity contribution >= 4 is 23.6 Å². The van der Waals surface area contributed by atoms with Crippen LogP contribution in [0.1, 0.15) is 11.1 Å². The van der Waals surface area contributed by atoms with Crippen LogP contribution in [0.2, 0.25) is 5.02 Å². The number of nitrogens with zero attached hydrogens (tertiary/aromatic N) is 2. The molecular formula is C19H15ClN2O2. The molecule has 0 bridgehead atoms. The third kappa shape index (κ3) is 4.12. The number of aromatic nitrogens is 2. The maximum Gasteiger partial charge on any atom is 0.331 e. The fraction of sp³-hybridized carbons (Fsp3) is 0.0526. The molecule has 0 saturated carbocycles. The Hall–Kier alpha value is -2.85. The van der Waals surface area contributed by atoms with Crippen molar-refractivity contribution in [2.75, 3.05) is 0 Å². The number of carbonyl (C=O) groups excluding carboxylic acids is 1. The molecule has 5 heteroatoms. The molecule has 0 unspecified atom stereocenters. The summed E-state index contributed by atoms with van der Waals surface area (Å²) in [6.07, 6.45) is 6.61. The van der Waals surface area contributed by atoms with Gasteiger partial charge in [-0.2, -0.15) is 5.10 Å². The number of halogens is 1. The highest BCUT2D eigenvalue weighted by Gasteiger charge is 2.01. The van der Waals surface area contributed by atoms with Crippen LogP contribution in [-0.2, 0) is 16.1 Å². The van der Waals surface area contributed by atoms with Gasteiger partial charge in [0, 0.05) is 23.5 Å². The summed E-state index contributed by atoms with van der Waals surface area (Å²) in [6, 6.07) is 16.8. The van der Waals surface area contributed by atoms with Crippen LogP contribution in [0.5, 0.6) is 0 Å². The van der Waals surface area contributed by atoms with Crippen molar-refractivity contribution in [1.82, 2.24) is 9.78 Å². The average Bonchev–Trinajstić information content (AvgIpc) is 3.14. The first-order valence-corrected chi connectivity index (χ1v) is 7.78. The Labute approximate surface area is 145 Å². The Morgan fingerprint density at radius 3 is 2.62 bits per heavy atom. The van der Waals surface area contributed by atoms with Crippen molar-refractivity contribution in [1.29, 1.82) is 0 Å². The zero-order valence-corrected chi connectivity index (χ0v) is 13.6. The molecule has 0 amide bonds. The molecule has 0 saturated heterocycles. The number of carbonyl (C=O) groups is 1. The molecule has 4 nitrogen and oxygen atoms in total. The van der Waals surface area contributed by atoms with Gasteiger partial charge in [0.15, 0.2) is 0 Å². The van der Waals surface area contributed by atoms with Gasteiger partial charge in [0.25, 0.3) is 0 Å². The molecule has 0 N–H and O–H groups in total. The first-order chi connectivity index (χ1) is 11.7. The zero-order valence-electron chi connectivity index (χ0n) is 12.8. The van der Waals surface area contributed by atoms with E-state index in [1.807, 2.05) is 54.7 Å². The normalized spacial score (nSPS) is 10.9. The van der Waals surface area contributed by atoms with Gasteiger partial charge in [0.2, 0.25) is 0 Å². The van der Waals surface area contributed by atoms with Gasteiger partial charge >= 0.3 is 5.97 Å². The first-order valence-electron chi connectivity index (χ1n) is 7.41. The van der Waals surface area contributed by atoms with Gasteiger partial charge in [-0.05, 0) is 41.5 Å². The summed E-state index contributed by atoms with van der Waals surface area (Å²) in [7, 11) is 0. The lowest BCUT2D eigenvalue weighted by atomic mass is 10.2. The van der Waals surface area contributed by atoms with E-state index in [2.05, 4.69) is 5.10 Å². The number of ether oxygens (including phenoxy) is 1. The lowest BCUT2D eigenvalue weighted by molar-refractivity contribution is -0.138. The summed E-state index contributed by atoms with van der Waals surface area (Å²) in [4.78, 5) is 11.8. The van der Waals surface area contributed by atoms with Gasteiger partial charge in [-0.15, -0.1) is 0 Å². The van der Waals surface area contributed by atoms with E-state index in [0.29, 0.717) is 5.02 Å². The third-order valence-electron chi connectivity index (χ3n) is 3.39. The minimum atomic E-state index is -0.411. The van der Waals surface area contributed by atoms with Crippen molar-refractivity contribution < 1.29 is 9.53 Å². The number of hydrogen-bond acceptors (Lipinski definition) is 3. The van der Waals surface area contributed by atoms with Gasteiger partial charge in [0.05, 0.1) is 5.69 Å². The van der Waals surface area contributed by atoms with Crippen LogP contribution in [0.15, 0.2) is 73.1 Å². The van der Waals surface area contributed by atoms with E-state index in [1.54, 1.807) is 23.0 Å². The molecule has 0 fully saturated rings. The molecule has 0 radical (unpaired) electrons. The second-order valence-corrected chi connectivity index (χ2v) is 5.49. The second-order valence-electron chi connectivity index (χ2n) is 5.08. The largest absolute Gasteiger partial charge is 0.458 e. The molecule has 0 atom stereocenters.